The first-order valence-corrected chi connectivity index (χ1v) is 7.28. The van der Waals surface area contributed by atoms with Crippen molar-refractivity contribution >= 4 is 5.91 Å². The van der Waals surface area contributed by atoms with Crippen LogP contribution in [0, 0.1) is 11.8 Å². The maximum absolute atomic E-state index is 12.1. The molecule has 2 heterocycles. The number of piperidine rings is 1. The van der Waals surface area contributed by atoms with Gasteiger partial charge in [0.25, 0.3) is 0 Å². The van der Waals surface area contributed by atoms with Crippen LogP contribution in [0.3, 0.4) is 0 Å². The van der Waals surface area contributed by atoms with Crippen LogP contribution in [0.15, 0.2) is 0 Å². The Kier molecular flexibility index (Phi) is 5.45. The van der Waals surface area contributed by atoms with E-state index in [1.807, 2.05) is 11.9 Å². The molecule has 2 fully saturated rings. The highest BCUT2D eigenvalue weighted by Gasteiger charge is 2.22. The van der Waals surface area contributed by atoms with Crippen molar-refractivity contribution in [3.05, 3.63) is 0 Å². The first kappa shape index (κ1) is 13.8. The number of ether oxygens (including phenoxy) is 1. The van der Waals surface area contributed by atoms with E-state index >= 15 is 0 Å². The van der Waals surface area contributed by atoms with Crippen LogP contribution in [0.2, 0.25) is 0 Å². The molecule has 2 unspecified atom stereocenters. The summed E-state index contributed by atoms with van der Waals surface area (Å²) in [6.07, 6.45) is 5.44. The van der Waals surface area contributed by atoms with Gasteiger partial charge in [0.15, 0.2) is 0 Å². The molecule has 0 spiro atoms. The fraction of sp³-hybridized carbons (Fsp3) is 0.929. The molecule has 0 bridgehead atoms. The molecule has 1 N–H and O–H groups in total. The number of amides is 1. The average Bonchev–Trinajstić information content (AvgIpc) is 2.41. The molecular weight excluding hydrogens is 228 g/mol. The number of nitrogens with zero attached hydrogens (tertiary/aromatic N) is 1. The predicted molar refractivity (Wildman–Crippen MR) is 71.4 cm³/mol. The van der Waals surface area contributed by atoms with E-state index in [0.717, 1.165) is 39.3 Å². The Balaban J connectivity index is 1.69. The van der Waals surface area contributed by atoms with Crippen molar-refractivity contribution < 1.29 is 9.53 Å². The van der Waals surface area contributed by atoms with Crippen LogP contribution < -0.4 is 5.32 Å². The minimum atomic E-state index is 0.300. The Labute approximate surface area is 110 Å². The van der Waals surface area contributed by atoms with Gasteiger partial charge in [0.05, 0.1) is 6.61 Å². The van der Waals surface area contributed by atoms with Crippen molar-refractivity contribution in [1.29, 1.82) is 0 Å². The quantitative estimate of drug-likeness (QED) is 0.821. The van der Waals surface area contributed by atoms with Crippen molar-refractivity contribution in [1.82, 2.24) is 10.2 Å². The van der Waals surface area contributed by atoms with E-state index in [1.165, 1.54) is 19.3 Å². The standard InChI is InChI=1S/C14H26N2O2/c1-16(10-13-5-3-7-18-11-13)14(17)8-12-4-2-6-15-9-12/h12-13,15H,2-11H2,1H3. The van der Waals surface area contributed by atoms with Crippen molar-refractivity contribution in [3.63, 3.8) is 0 Å². The van der Waals surface area contributed by atoms with E-state index in [1.54, 1.807) is 0 Å². The van der Waals surface area contributed by atoms with Gasteiger partial charge >= 0.3 is 0 Å². The summed E-state index contributed by atoms with van der Waals surface area (Å²) < 4.78 is 5.46. The van der Waals surface area contributed by atoms with Crippen LogP contribution in [-0.2, 0) is 9.53 Å². The smallest absolute Gasteiger partial charge is 0.222 e. The fourth-order valence-electron chi connectivity index (χ4n) is 2.94. The molecule has 0 aromatic carbocycles. The molecule has 104 valence electrons. The molecular formula is C14H26N2O2. The molecule has 2 saturated heterocycles. The van der Waals surface area contributed by atoms with E-state index in [9.17, 15) is 4.79 Å². The largest absolute Gasteiger partial charge is 0.381 e. The van der Waals surface area contributed by atoms with Crippen molar-refractivity contribution in [2.24, 2.45) is 11.8 Å². The normalized spacial score (nSPS) is 28.9. The molecule has 0 saturated carbocycles. The monoisotopic (exact) mass is 254 g/mol. The summed E-state index contributed by atoms with van der Waals surface area (Å²) in [6.45, 7) is 4.69. The van der Waals surface area contributed by atoms with Gasteiger partial charge in [0, 0.05) is 26.6 Å². The van der Waals surface area contributed by atoms with E-state index in [2.05, 4.69) is 5.32 Å². The van der Waals surface area contributed by atoms with Gasteiger partial charge in [-0.05, 0) is 50.6 Å². The van der Waals surface area contributed by atoms with Crippen LogP contribution in [0.25, 0.3) is 0 Å². The topological polar surface area (TPSA) is 41.6 Å². The van der Waals surface area contributed by atoms with Crippen LogP contribution in [0.4, 0.5) is 0 Å². The van der Waals surface area contributed by atoms with E-state index in [4.69, 9.17) is 4.74 Å². The second kappa shape index (κ2) is 7.10. The van der Waals surface area contributed by atoms with Gasteiger partial charge < -0.3 is 15.0 Å². The first-order valence-electron chi connectivity index (χ1n) is 7.28. The minimum Gasteiger partial charge on any atom is -0.381 e. The highest BCUT2D eigenvalue weighted by atomic mass is 16.5. The minimum absolute atomic E-state index is 0.300. The number of nitrogens with one attached hydrogen (secondary N) is 1. The average molecular weight is 254 g/mol. The van der Waals surface area contributed by atoms with E-state index < -0.39 is 0 Å². The summed E-state index contributed by atoms with van der Waals surface area (Å²) in [4.78, 5) is 14.1. The summed E-state index contributed by atoms with van der Waals surface area (Å²) in [5, 5.41) is 3.37. The highest BCUT2D eigenvalue weighted by molar-refractivity contribution is 5.76. The van der Waals surface area contributed by atoms with Crippen LogP contribution in [-0.4, -0.2) is 50.7 Å². The number of carbonyl (C=O) groups excluding carboxylic acids is 1. The molecule has 18 heavy (non-hydrogen) atoms. The number of rotatable bonds is 4. The Bertz CT molecular complexity index is 259. The predicted octanol–water partition coefficient (Wildman–Crippen LogP) is 1.26. The molecule has 2 aliphatic rings. The summed E-state index contributed by atoms with van der Waals surface area (Å²) in [5.74, 6) is 1.38. The molecule has 4 nitrogen and oxygen atoms in total. The summed E-state index contributed by atoms with van der Waals surface area (Å²) in [7, 11) is 1.94. The van der Waals surface area contributed by atoms with Crippen LogP contribution in [0.5, 0.6) is 0 Å². The van der Waals surface area contributed by atoms with Crippen molar-refractivity contribution in [2.75, 3.05) is 39.9 Å². The summed E-state index contributed by atoms with van der Waals surface area (Å²) in [5.41, 5.74) is 0. The Hall–Kier alpha value is -0.610. The van der Waals surface area contributed by atoms with Gasteiger partial charge in [-0.15, -0.1) is 0 Å². The Morgan fingerprint density at radius 3 is 2.83 bits per heavy atom. The zero-order valence-electron chi connectivity index (χ0n) is 11.5. The molecule has 0 radical (unpaired) electrons. The summed E-state index contributed by atoms with van der Waals surface area (Å²) in [6, 6.07) is 0. The van der Waals surface area contributed by atoms with Crippen LogP contribution >= 0.6 is 0 Å². The molecule has 1 amide bonds. The van der Waals surface area contributed by atoms with Gasteiger partial charge in [0.1, 0.15) is 0 Å². The zero-order chi connectivity index (χ0) is 12.8. The lowest BCUT2D eigenvalue weighted by atomic mass is 9.95. The lowest BCUT2D eigenvalue weighted by Crippen LogP contribution is -2.38. The van der Waals surface area contributed by atoms with E-state index in [-0.39, 0.29) is 0 Å². The Morgan fingerprint density at radius 1 is 1.33 bits per heavy atom. The van der Waals surface area contributed by atoms with Gasteiger partial charge in [0.2, 0.25) is 5.91 Å². The lowest BCUT2D eigenvalue weighted by Gasteiger charge is -2.29. The summed E-state index contributed by atoms with van der Waals surface area (Å²) >= 11 is 0. The molecule has 0 aromatic heterocycles. The molecule has 2 rings (SSSR count). The second-order valence-electron chi connectivity index (χ2n) is 5.77. The van der Waals surface area contributed by atoms with Crippen molar-refractivity contribution in [2.45, 2.75) is 32.1 Å². The van der Waals surface area contributed by atoms with Gasteiger partial charge in [-0.25, -0.2) is 0 Å². The Morgan fingerprint density at radius 2 is 2.17 bits per heavy atom. The number of hydrogen-bond donors (Lipinski definition) is 1. The third-order valence-corrected chi connectivity index (χ3v) is 4.07. The maximum atomic E-state index is 12.1. The molecule has 2 atom stereocenters. The lowest BCUT2D eigenvalue weighted by molar-refractivity contribution is -0.132. The zero-order valence-corrected chi connectivity index (χ0v) is 11.5. The maximum Gasteiger partial charge on any atom is 0.222 e. The molecule has 0 aromatic rings. The highest BCUT2D eigenvalue weighted by Crippen LogP contribution is 2.18. The third kappa shape index (κ3) is 4.25. The number of hydrogen-bond acceptors (Lipinski definition) is 3. The molecule has 2 aliphatic heterocycles. The van der Waals surface area contributed by atoms with Crippen molar-refractivity contribution in [3.8, 4) is 0 Å². The first-order chi connectivity index (χ1) is 8.75. The molecule has 0 aliphatic carbocycles. The second-order valence-corrected chi connectivity index (χ2v) is 5.77. The van der Waals surface area contributed by atoms with Gasteiger partial charge in [-0.2, -0.15) is 0 Å². The van der Waals surface area contributed by atoms with Gasteiger partial charge in [-0.3, -0.25) is 4.79 Å². The third-order valence-electron chi connectivity index (χ3n) is 4.07. The van der Waals surface area contributed by atoms with Crippen LogP contribution in [0.1, 0.15) is 32.1 Å². The van der Waals surface area contributed by atoms with Gasteiger partial charge in [-0.1, -0.05) is 0 Å². The molecule has 4 heteroatoms. The SMILES string of the molecule is CN(CC1CCCOC1)C(=O)CC1CCCNC1. The fourth-order valence-corrected chi connectivity index (χ4v) is 2.94. The number of carbonyl (C=O) groups is 1. The van der Waals surface area contributed by atoms with E-state index in [0.29, 0.717) is 24.2 Å².